The molecule has 0 amide bonds. The van der Waals surface area contributed by atoms with E-state index in [2.05, 4.69) is 5.32 Å². The molecule has 9 heteroatoms. The van der Waals surface area contributed by atoms with Crippen LogP contribution in [0.1, 0.15) is 15.9 Å². The molecule has 0 aliphatic heterocycles. The van der Waals surface area contributed by atoms with Crippen molar-refractivity contribution in [3.05, 3.63) is 67.7 Å². The summed E-state index contributed by atoms with van der Waals surface area (Å²) in [6.07, 6.45) is 0. The monoisotopic (exact) mass is 384 g/mol. The lowest BCUT2D eigenvalue weighted by atomic mass is 10.1. The first kappa shape index (κ1) is 19.0. The Hall–Kier alpha value is -2.35. The van der Waals surface area contributed by atoms with Crippen molar-refractivity contribution in [3.63, 3.8) is 0 Å². The van der Waals surface area contributed by atoms with Gasteiger partial charge in [-0.15, -0.1) is 0 Å². The standard InChI is InChI=1S/C16H14Cl2N2O5/c17-13-3-1-10(7-14(13)18)9-25-16(22)12-8-11(20(23)24)2-4-15(12)19-5-6-21/h1-4,7-8,19,21H,5-6,9H2. The molecular weight excluding hydrogens is 371 g/mol. The first-order valence-electron chi connectivity index (χ1n) is 7.16. The zero-order chi connectivity index (χ0) is 18.4. The van der Waals surface area contributed by atoms with Gasteiger partial charge < -0.3 is 15.2 Å². The molecule has 0 saturated heterocycles. The first-order chi connectivity index (χ1) is 11.9. The number of nitro groups is 1. The van der Waals surface area contributed by atoms with Gasteiger partial charge in [0.2, 0.25) is 0 Å². The molecule has 2 N–H and O–H groups in total. The van der Waals surface area contributed by atoms with Gasteiger partial charge in [0.1, 0.15) is 6.61 Å². The number of aliphatic hydroxyl groups excluding tert-OH is 1. The molecule has 0 heterocycles. The number of hydrogen-bond acceptors (Lipinski definition) is 6. The third-order valence-electron chi connectivity index (χ3n) is 3.22. The summed E-state index contributed by atoms with van der Waals surface area (Å²) in [6, 6.07) is 8.57. The number of aliphatic hydroxyl groups is 1. The molecule has 25 heavy (non-hydrogen) atoms. The third kappa shape index (κ3) is 5.06. The van der Waals surface area contributed by atoms with Crippen LogP contribution in [-0.4, -0.2) is 29.2 Å². The van der Waals surface area contributed by atoms with Crippen LogP contribution in [0.2, 0.25) is 10.0 Å². The second-order valence-electron chi connectivity index (χ2n) is 4.96. The predicted octanol–water partition coefficient (Wildman–Crippen LogP) is 3.66. The Bertz CT molecular complexity index is 798. The summed E-state index contributed by atoms with van der Waals surface area (Å²) in [5.41, 5.74) is 0.718. The van der Waals surface area contributed by atoms with Gasteiger partial charge in [-0.25, -0.2) is 4.79 Å². The van der Waals surface area contributed by atoms with E-state index < -0.39 is 10.9 Å². The van der Waals surface area contributed by atoms with Crippen molar-refractivity contribution >= 4 is 40.5 Å². The minimum absolute atomic E-state index is 0.00251. The second-order valence-corrected chi connectivity index (χ2v) is 5.78. The number of hydrogen-bond donors (Lipinski definition) is 2. The number of halogens is 2. The van der Waals surface area contributed by atoms with Gasteiger partial charge in [-0.2, -0.15) is 0 Å². The maximum Gasteiger partial charge on any atom is 0.340 e. The molecule has 2 rings (SSSR count). The van der Waals surface area contributed by atoms with Gasteiger partial charge in [0, 0.05) is 24.4 Å². The molecule has 0 radical (unpaired) electrons. The number of esters is 1. The van der Waals surface area contributed by atoms with Crippen molar-refractivity contribution < 1.29 is 19.6 Å². The molecule has 2 aromatic carbocycles. The summed E-state index contributed by atoms with van der Waals surface area (Å²) in [7, 11) is 0. The maximum absolute atomic E-state index is 12.3. The third-order valence-corrected chi connectivity index (χ3v) is 3.95. The van der Waals surface area contributed by atoms with E-state index in [9.17, 15) is 14.9 Å². The Labute approximate surface area is 153 Å². The fourth-order valence-electron chi connectivity index (χ4n) is 2.02. The summed E-state index contributed by atoms with van der Waals surface area (Å²) in [4.78, 5) is 22.6. The van der Waals surface area contributed by atoms with Crippen molar-refractivity contribution in [2.75, 3.05) is 18.5 Å². The van der Waals surface area contributed by atoms with Gasteiger partial charge in [-0.3, -0.25) is 10.1 Å². The van der Waals surface area contributed by atoms with Crippen molar-refractivity contribution in [2.45, 2.75) is 6.61 Å². The van der Waals surface area contributed by atoms with Crippen molar-refractivity contribution in [1.29, 1.82) is 0 Å². The predicted molar refractivity (Wildman–Crippen MR) is 94.3 cm³/mol. The van der Waals surface area contributed by atoms with Crippen LogP contribution >= 0.6 is 23.2 Å². The number of carbonyl (C=O) groups is 1. The highest BCUT2D eigenvalue weighted by molar-refractivity contribution is 6.42. The van der Waals surface area contributed by atoms with Gasteiger partial charge in [0.15, 0.2) is 0 Å². The van der Waals surface area contributed by atoms with Crippen LogP contribution < -0.4 is 5.32 Å². The number of nitro benzene ring substituents is 1. The number of non-ortho nitro benzene ring substituents is 1. The van der Waals surface area contributed by atoms with E-state index in [1.54, 1.807) is 18.2 Å². The van der Waals surface area contributed by atoms with Gasteiger partial charge in [0.25, 0.3) is 5.69 Å². The number of benzene rings is 2. The number of ether oxygens (including phenoxy) is 1. The largest absolute Gasteiger partial charge is 0.457 e. The van der Waals surface area contributed by atoms with E-state index in [-0.39, 0.29) is 31.0 Å². The van der Waals surface area contributed by atoms with Gasteiger partial charge >= 0.3 is 5.97 Å². The number of rotatable bonds is 7. The molecule has 0 spiro atoms. The molecule has 7 nitrogen and oxygen atoms in total. The van der Waals surface area contributed by atoms with E-state index in [0.29, 0.717) is 21.3 Å². The second kappa shape index (κ2) is 8.66. The molecule has 2 aromatic rings. The van der Waals surface area contributed by atoms with Gasteiger partial charge in [0.05, 0.1) is 27.1 Å². The minimum atomic E-state index is -0.741. The van der Waals surface area contributed by atoms with Crippen molar-refractivity contribution in [2.24, 2.45) is 0 Å². The fraction of sp³-hybridized carbons (Fsp3) is 0.188. The molecule has 0 fully saturated rings. The Balaban J connectivity index is 2.19. The van der Waals surface area contributed by atoms with Crippen LogP contribution in [0.4, 0.5) is 11.4 Å². The molecule has 0 atom stereocenters. The topological polar surface area (TPSA) is 102 Å². The van der Waals surface area contributed by atoms with Crippen LogP contribution in [-0.2, 0) is 11.3 Å². The van der Waals surface area contributed by atoms with Crippen LogP contribution in [0.25, 0.3) is 0 Å². The zero-order valence-electron chi connectivity index (χ0n) is 12.9. The minimum Gasteiger partial charge on any atom is -0.457 e. The van der Waals surface area contributed by atoms with Crippen LogP contribution in [0.15, 0.2) is 36.4 Å². The lowest BCUT2D eigenvalue weighted by Crippen LogP contribution is -2.13. The summed E-state index contributed by atoms with van der Waals surface area (Å²) in [6.45, 7) is -0.0442. The zero-order valence-corrected chi connectivity index (χ0v) is 14.4. The average molecular weight is 385 g/mol. The summed E-state index contributed by atoms with van der Waals surface area (Å²) >= 11 is 11.7. The van der Waals surface area contributed by atoms with Crippen molar-refractivity contribution in [1.82, 2.24) is 0 Å². The SMILES string of the molecule is O=C(OCc1ccc(Cl)c(Cl)c1)c1cc([N+](=O)[O-])ccc1NCCO. The maximum atomic E-state index is 12.3. The number of carbonyl (C=O) groups excluding carboxylic acids is 1. The Morgan fingerprint density at radius 2 is 1.96 bits per heavy atom. The highest BCUT2D eigenvalue weighted by Gasteiger charge is 2.18. The van der Waals surface area contributed by atoms with Crippen LogP contribution in [0.5, 0.6) is 0 Å². The molecule has 0 aliphatic carbocycles. The Kier molecular flexibility index (Phi) is 6.58. The number of nitrogens with zero attached hydrogens (tertiary/aromatic N) is 1. The smallest absolute Gasteiger partial charge is 0.340 e. The molecule has 0 aromatic heterocycles. The molecule has 0 aliphatic rings. The van der Waals surface area contributed by atoms with Crippen LogP contribution in [0.3, 0.4) is 0 Å². The number of anilines is 1. The highest BCUT2D eigenvalue weighted by atomic mass is 35.5. The van der Waals surface area contributed by atoms with E-state index in [4.69, 9.17) is 33.0 Å². The molecule has 0 unspecified atom stereocenters. The number of nitrogens with one attached hydrogen (secondary N) is 1. The Morgan fingerprint density at radius 3 is 2.60 bits per heavy atom. The highest BCUT2D eigenvalue weighted by Crippen LogP contribution is 2.25. The molecular formula is C16H14Cl2N2O5. The summed E-state index contributed by atoms with van der Waals surface area (Å²) < 4.78 is 5.20. The lowest BCUT2D eigenvalue weighted by Gasteiger charge is -2.11. The fourth-order valence-corrected chi connectivity index (χ4v) is 2.34. The first-order valence-corrected chi connectivity index (χ1v) is 7.92. The van der Waals surface area contributed by atoms with Crippen LogP contribution in [0, 0.1) is 10.1 Å². The van der Waals surface area contributed by atoms with E-state index in [0.717, 1.165) is 6.07 Å². The van der Waals surface area contributed by atoms with Crippen molar-refractivity contribution in [3.8, 4) is 0 Å². The molecule has 0 bridgehead atoms. The van der Waals surface area contributed by atoms with E-state index in [1.165, 1.54) is 12.1 Å². The van der Waals surface area contributed by atoms with E-state index in [1.807, 2.05) is 0 Å². The van der Waals surface area contributed by atoms with E-state index >= 15 is 0 Å². The quantitative estimate of drug-likeness (QED) is 0.429. The average Bonchev–Trinajstić information content (AvgIpc) is 2.60. The normalized spacial score (nSPS) is 10.4. The summed E-state index contributed by atoms with van der Waals surface area (Å²) in [5, 5.41) is 23.3. The molecule has 132 valence electrons. The lowest BCUT2D eigenvalue weighted by molar-refractivity contribution is -0.384. The summed E-state index contributed by atoms with van der Waals surface area (Å²) in [5.74, 6) is -0.741. The van der Waals surface area contributed by atoms with Gasteiger partial charge in [-0.1, -0.05) is 29.3 Å². The van der Waals surface area contributed by atoms with Gasteiger partial charge in [-0.05, 0) is 23.8 Å². The molecule has 0 saturated carbocycles. The Morgan fingerprint density at radius 1 is 1.20 bits per heavy atom.